The fraction of sp³-hybridized carbons (Fsp3) is 0.0556. The number of nitrogens with zero attached hydrogens (tertiary/aromatic N) is 1. The van der Waals surface area contributed by atoms with E-state index in [1.165, 1.54) is 0 Å². The molecule has 2 aromatic carbocycles. The van der Waals surface area contributed by atoms with Crippen molar-refractivity contribution in [1.82, 2.24) is 4.98 Å². The number of nitrogens with one attached hydrogen (secondary N) is 1. The first-order chi connectivity index (χ1) is 11.6. The van der Waals surface area contributed by atoms with E-state index < -0.39 is 11.5 Å². The minimum Gasteiger partial charge on any atom is -0.422 e. The van der Waals surface area contributed by atoms with Crippen molar-refractivity contribution in [3.8, 4) is 0 Å². The highest BCUT2D eigenvalue weighted by molar-refractivity contribution is 7.18. The molecule has 118 valence electrons. The molecule has 0 spiro atoms. The van der Waals surface area contributed by atoms with Gasteiger partial charge < -0.3 is 9.73 Å². The summed E-state index contributed by atoms with van der Waals surface area (Å²) in [7, 11) is 0. The van der Waals surface area contributed by atoms with Gasteiger partial charge in [-0.25, -0.2) is 9.78 Å². The number of hydrogen-bond donors (Lipinski definition) is 1. The number of fused-ring (bicyclic) bond motifs is 2. The fourth-order valence-electron chi connectivity index (χ4n) is 2.54. The predicted molar refractivity (Wildman–Crippen MR) is 94.8 cm³/mol. The summed E-state index contributed by atoms with van der Waals surface area (Å²) < 4.78 is 6.25. The van der Waals surface area contributed by atoms with Crippen LogP contribution in [0.4, 0.5) is 5.69 Å². The molecule has 2 heterocycles. The summed E-state index contributed by atoms with van der Waals surface area (Å²) in [6.45, 7) is 1.93. The van der Waals surface area contributed by atoms with Crippen LogP contribution in [-0.4, -0.2) is 10.9 Å². The van der Waals surface area contributed by atoms with Gasteiger partial charge in [0.2, 0.25) is 0 Å². The summed E-state index contributed by atoms with van der Waals surface area (Å²) in [6.07, 6.45) is 0. The van der Waals surface area contributed by atoms with E-state index in [-0.39, 0.29) is 5.56 Å². The van der Waals surface area contributed by atoms with E-state index >= 15 is 0 Å². The highest BCUT2D eigenvalue weighted by atomic mass is 32.1. The first-order valence-corrected chi connectivity index (χ1v) is 8.13. The summed E-state index contributed by atoms with van der Waals surface area (Å²) in [5.41, 5.74) is 1.18. The van der Waals surface area contributed by atoms with Crippen LogP contribution in [-0.2, 0) is 0 Å². The van der Waals surface area contributed by atoms with Crippen LogP contribution < -0.4 is 10.9 Å². The molecule has 24 heavy (non-hydrogen) atoms. The number of aryl methyl sites for hydroxylation is 1. The fourth-order valence-corrected chi connectivity index (χ4v) is 3.35. The number of carbonyl (C=O) groups is 1. The molecule has 4 aromatic rings. The molecule has 0 saturated carbocycles. The molecule has 1 N–H and O–H groups in total. The van der Waals surface area contributed by atoms with Crippen LogP contribution in [0.25, 0.3) is 21.2 Å². The van der Waals surface area contributed by atoms with Crippen LogP contribution in [0.15, 0.2) is 57.7 Å². The summed E-state index contributed by atoms with van der Waals surface area (Å²) in [5, 5.41) is 4.39. The first kappa shape index (κ1) is 14.6. The van der Waals surface area contributed by atoms with Crippen molar-refractivity contribution in [2.75, 3.05) is 5.32 Å². The number of rotatable bonds is 2. The summed E-state index contributed by atoms with van der Waals surface area (Å²) in [6, 6.07) is 14.1. The van der Waals surface area contributed by atoms with Crippen LogP contribution >= 0.6 is 11.3 Å². The second-order valence-corrected chi connectivity index (χ2v) is 6.59. The smallest absolute Gasteiger partial charge is 0.349 e. The summed E-state index contributed by atoms with van der Waals surface area (Å²) in [4.78, 5) is 28.9. The molecule has 0 atom stereocenters. The van der Waals surface area contributed by atoms with Gasteiger partial charge in [-0.2, -0.15) is 0 Å². The van der Waals surface area contributed by atoms with Gasteiger partial charge in [0.25, 0.3) is 5.91 Å². The molecule has 0 aliphatic rings. The third-order valence-electron chi connectivity index (χ3n) is 3.64. The Morgan fingerprint density at radius 2 is 2.00 bits per heavy atom. The lowest BCUT2D eigenvalue weighted by Gasteiger charge is -2.05. The zero-order valence-electron chi connectivity index (χ0n) is 12.7. The van der Waals surface area contributed by atoms with Crippen LogP contribution in [0.1, 0.15) is 15.4 Å². The van der Waals surface area contributed by atoms with Crippen molar-refractivity contribution in [2.24, 2.45) is 0 Å². The van der Waals surface area contributed by atoms with Gasteiger partial charge in [-0.05, 0) is 37.3 Å². The molecule has 0 saturated heterocycles. The molecule has 0 unspecified atom stereocenters. The Labute approximate surface area is 140 Å². The Morgan fingerprint density at radius 1 is 1.17 bits per heavy atom. The zero-order valence-corrected chi connectivity index (χ0v) is 13.5. The van der Waals surface area contributed by atoms with Gasteiger partial charge in [-0.1, -0.05) is 18.2 Å². The average Bonchev–Trinajstić information content (AvgIpc) is 2.93. The standard InChI is InChI=1S/C18H12N2O3S/c1-10-19-14-9-12(6-7-16(14)24-10)20-17(21)13-8-11-4-2-3-5-15(11)23-18(13)22/h2-9H,1H3,(H,20,21). The van der Waals surface area contributed by atoms with Crippen LogP contribution in [0.3, 0.4) is 0 Å². The third-order valence-corrected chi connectivity index (χ3v) is 4.59. The Morgan fingerprint density at radius 3 is 2.88 bits per heavy atom. The number of carbonyl (C=O) groups excluding carboxylic acids is 1. The van der Waals surface area contributed by atoms with Crippen LogP contribution in [0.5, 0.6) is 0 Å². The maximum Gasteiger partial charge on any atom is 0.349 e. The average molecular weight is 336 g/mol. The van der Waals surface area contributed by atoms with Crippen molar-refractivity contribution in [3.05, 3.63) is 69.5 Å². The molecular formula is C18H12N2O3S. The Balaban J connectivity index is 1.70. The second kappa shape index (κ2) is 5.58. The van der Waals surface area contributed by atoms with Gasteiger partial charge in [-0.15, -0.1) is 11.3 Å². The van der Waals surface area contributed by atoms with Gasteiger partial charge in [0, 0.05) is 11.1 Å². The third kappa shape index (κ3) is 2.57. The van der Waals surface area contributed by atoms with Gasteiger partial charge in [0.1, 0.15) is 11.1 Å². The molecule has 2 aromatic heterocycles. The second-order valence-electron chi connectivity index (χ2n) is 5.35. The first-order valence-electron chi connectivity index (χ1n) is 7.31. The SMILES string of the molecule is Cc1nc2cc(NC(=O)c3cc4ccccc4oc3=O)ccc2s1. The monoisotopic (exact) mass is 336 g/mol. The predicted octanol–water partition coefficient (Wildman–Crippen LogP) is 3.96. The molecule has 0 aliphatic carbocycles. The highest BCUT2D eigenvalue weighted by Gasteiger charge is 2.14. The van der Waals surface area contributed by atoms with E-state index in [9.17, 15) is 9.59 Å². The minimum absolute atomic E-state index is 0.0248. The van der Waals surface area contributed by atoms with Gasteiger partial charge >= 0.3 is 5.63 Å². The highest BCUT2D eigenvalue weighted by Crippen LogP contribution is 2.24. The number of para-hydroxylation sites is 1. The normalized spacial score (nSPS) is 11.0. The molecule has 0 bridgehead atoms. The molecule has 4 rings (SSSR count). The van der Waals surface area contributed by atoms with E-state index in [1.54, 1.807) is 47.7 Å². The number of thiazole rings is 1. The quantitative estimate of drug-likeness (QED) is 0.562. The van der Waals surface area contributed by atoms with E-state index in [1.807, 2.05) is 19.1 Å². The summed E-state index contributed by atoms with van der Waals surface area (Å²) >= 11 is 1.59. The molecule has 0 aliphatic heterocycles. The maximum atomic E-state index is 12.4. The van der Waals surface area contributed by atoms with Crippen molar-refractivity contribution in [3.63, 3.8) is 0 Å². The van der Waals surface area contributed by atoms with Gasteiger partial charge in [0.05, 0.1) is 15.2 Å². The number of amides is 1. The molecule has 6 heteroatoms. The molecular weight excluding hydrogens is 324 g/mol. The maximum absolute atomic E-state index is 12.4. The van der Waals surface area contributed by atoms with Crippen LogP contribution in [0.2, 0.25) is 0 Å². The van der Waals surface area contributed by atoms with Crippen molar-refractivity contribution in [2.45, 2.75) is 6.92 Å². The van der Waals surface area contributed by atoms with Crippen LogP contribution in [0, 0.1) is 6.92 Å². The molecule has 0 radical (unpaired) electrons. The van der Waals surface area contributed by atoms with Crippen molar-refractivity contribution < 1.29 is 9.21 Å². The largest absolute Gasteiger partial charge is 0.422 e. The number of benzene rings is 2. The zero-order chi connectivity index (χ0) is 16.7. The summed E-state index contributed by atoms with van der Waals surface area (Å²) in [5.74, 6) is -0.499. The van der Waals surface area contributed by atoms with Crippen molar-refractivity contribution >= 4 is 44.1 Å². The topological polar surface area (TPSA) is 72.2 Å². The minimum atomic E-state index is -0.656. The molecule has 1 amide bonds. The van der Waals surface area contributed by atoms with Gasteiger partial charge in [-0.3, -0.25) is 4.79 Å². The number of hydrogen-bond acceptors (Lipinski definition) is 5. The number of anilines is 1. The Kier molecular flexibility index (Phi) is 3.39. The van der Waals surface area contributed by atoms with E-state index in [0.29, 0.717) is 16.7 Å². The molecule has 5 nitrogen and oxygen atoms in total. The Bertz CT molecular complexity index is 1140. The van der Waals surface area contributed by atoms with E-state index in [4.69, 9.17) is 4.42 Å². The lowest BCUT2D eigenvalue weighted by atomic mass is 10.1. The van der Waals surface area contributed by atoms with Gasteiger partial charge in [0.15, 0.2) is 0 Å². The number of aromatic nitrogens is 1. The van der Waals surface area contributed by atoms with E-state index in [0.717, 1.165) is 15.2 Å². The Hall–Kier alpha value is -2.99. The van der Waals surface area contributed by atoms with E-state index in [2.05, 4.69) is 10.3 Å². The lowest BCUT2D eigenvalue weighted by Crippen LogP contribution is -2.20. The lowest BCUT2D eigenvalue weighted by molar-refractivity contribution is 0.102. The molecule has 0 fully saturated rings. The van der Waals surface area contributed by atoms with Crippen molar-refractivity contribution in [1.29, 1.82) is 0 Å².